The van der Waals surface area contributed by atoms with Crippen LogP contribution in [0.2, 0.25) is 0 Å². The van der Waals surface area contributed by atoms with Crippen molar-refractivity contribution in [1.29, 1.82) is 0 Å². The average molecular weight is 695 g/mol. The SMILES string of the molecule is COC(=O)C1=C(c2ccc(F)cc2)CC2CC[C@H]1N2CCCN(CC[S-])CC([O-])=NCC[S-].[O-2].[Re]. The van der Waals surface area contributed by atoms with Crippen LogP contribution in [0.1, 0.15) is 31.2 Å². The third kappa shape index (κ3) is 8.56. The van der Waals surface area contributed by atoms with Gasteiger partial charge in [-0.3, -0.25) is 4.90 Å². The number of esters is 1. The molecule has 2 aliphatic heterocycles. The quantitative estimate of drug-likeness (QED) is 0.141. The summed E-state index contributed by atoms with van der Waals surface area (Å²) in [6.45, 7) is 2.87. The van der Waals surface area contributed by atoms with Crippen LogP contribution in [-0.4, -0.2) is 85.1 Å². The van der Waals surface area contributed by atoms with Crippen LogP contribution in [0.15, 0.2) is 34.8 Å². The van der Waals surface area contributed by atoms with Gasteiger partial charge in [-0.2, -0.15) is 11.5 Å². The number of aliphatic imine (C=N–C) groups is 1. The Morgan fingerprint density at radius 3 is 2.57 bits per heavy atom. The molecular weight excluding hydrogens is 664 g/mol. The Hall–Kier alpha value is -0.928. The second-order valence-electron chi connectivity index (χ2n) is 8.39. The topological polar surface area (TPSA) is 96.7 Å². The number of carbonyl (C=O) groups excluding carboxylic acids is 1. The van der Waals surface area contributed by atoms with E-state index in [0.717, 1.165) is 49.9 Å². The first-order valence-corrected chi connectivity index (χ1v) is 12.6. The molecule has 2 atom stereocenters. The van der Waals surface area contributed by atoms with Gasteiger partial charge in [0.1, 0.15) is 5.82 Å². The Balaban J connectivity index is 0.00000306. The fraction of sp³-hybridized carbons (Fsp3) is 0.583. The smallest absolute Gasteiger partial charge is 0.335 e. The molecule has 0 saturated carbocycles. The van der Waals surface area contributed by atoms with Crippen molar-refractivity contribution < 1.29 is 44.9 Å². The largest absolute Gasteiger partial charge is 2.00 e. The number of fused-ring (bicyclic) bond motifs is 2. The van der Waals surface area contributed by atoms with Gasteiger partial charge in [0, 0.05) is 52.1 Å². The third-order valence-corrected chi connectivity index (χ3v) is 6.74. The monoisotopic (exact) mass is 695 g/mol. The predicted molar refractivity (Wildman–Crippen MR) is 132 cm³/mol. The number of carbonyl (C=O) groups is 1. The van der Waals surface area contributed by atoms with E-state index in [4.69, 9.17) is 30.0 Å². The minimum Gasteiger partial charge on any atom is -2.00 e. The minimum absolute atomic E-state index is 0. The first-order chi connectivity index (χ1) is 16.0. The van der Waals surface area contributed by atoms with E-state index >= 15 is 0 Å². The van der Waals surface area contributed by atoms with Crippen molar-refractivity contribution in [2.75, 3.05) is 51.3 Å². The molecule has 0 aliphatic carbocycles. The maximum atomic E-state index is 13.4. The van der Waals surface area contributed by atoms with Crippen LogP contribution in [0.3, 0.4) is 0 Å². The molecule has 1 aromatic carbocycles. The molecule has 0 N–H and O–H groups in total. The van der Waals surface area contributed by atoms with Crippen LogP contribution in [0, 0.1) is 5.82 Å². The molecule has 3 rings (SSSR count). The summed E-state index contributed by atoms with van der Waals surface area (Å²) in [6.07, 6.45) is 3.50. The zero-order valence-corrected chi connectivity index (χ0v) is 24.1. The van der Waals surface area contributed by atoms with Crippen molar-refractivity contribution in [2.45, 2.75) is 37.8 Å². The number of rotatable bonds is 12. The van der Waals surface area contributed by atoms with E-state index in [9.17, 15) is 14.3 Å². The standard InChI is InChI=1S/C24H34FN3O3S2.O.Re/c1-31-24(30)23-20(17-3-5-18(25)6-4-17)15-19-7-8-21(23)28(19)11-2-10-27(12-14-33)16-22(29)26-9-13-32;;/h3-6,19,21,32-33H,2,7-16H2,1H3,(H,26,29);;/q;-2;/p-3/t19?,21-;;/m1../s1. The molecule has 1 saturated heterocycles. The van der Waals surface area contributed by atoms with Crippen molar-refractivity contribution in [2.24, 2.45) is 4.99 Å². The van der Waals surface area contributed by atoms with Gasteiger partial charge in [-0.1, -0.05) is 12.1 Å². The van der Waals surface area contributed by atoms with E-state index in [1.807, 2.05) is 0 Å². The summed E-state index contributed by atoms with van der Waals surface area (Å²) in [5.74, 6) is 0.242. The zero-order valence-electron chi connectivity index (χ0n) is 19.8. The van der Waals surface area contributed by atoms with Crippen LogP contribution in [-0.2, 0) is 60.7 Å². The molecule has 0 aromatic heterocycles. The van der Waals surface area contributed by atoms with Gasteiger partial charge in [0.2, 0.25) is 0 Å². The van der Waals surface area contributed by atoms with E-state index in [1.165, 1.54) is 19.2 Å². The Morgan fingerprint density at radius 1 is 1.23 bits per heavy atom. The Kier molecular flexibility index (Phi) is 14.7. The summed E-state index contributed by atoms with van der Waals surface area (Å²) >= 11 is 9.98. The van der Waals surface area contributed by atoms with Gasteiger partial charge in [-0.05, 0) is 67.9 Å². The number of ether oxygens (including phenoxy) is 1. The Morgan fingerprint density at radius 2 is 1.94 bits per heavy atom. The molecular formula is C24H31FN3O4ReS2-5. The van der Waals surface area contributed by atoms with E-state index < -0.39 is 0 Å². The molecule has 2 heterocycles. The summed E-state index contributed by atoms with van der Waals surface area (Å²) in [5, 5.41) is 12.0. The molecule has 1 fully saturated rings. The summed E-state index contributed by atoms with van der Waals surface area (Å²) in [4.78, 5) is 21.2. The molecule has 1 unspecified atom stereocenters. The minimum atomic E-state index is -0.314. The maximum absolute atomic E-state index is 13.4. The molecule has 11 heteroatoms. The first-order valence-electron chi connectivity index (χ1n) is 11.4. The average Bonchev–Trinajstić information content (AvgIpc) is 3.08. The van der Waals surface area contributed by atoms with Crippen molar-refractivity contribution in [3.63, 3.8) is 0 Å². The molecule has 1 radical (unpaired) electrons. The van der Waals surface area contributed by atoms with Crippen molar-refractivity contribution in [3.8, 4) is 0 Å². The van der Waals surface area contributed by atoms with Crippen molar-refractivity contribution in [3.05, 3.63) is 41.2 Å². The van der Waals surface area contributed by atoms with Gasteiger partial charge < -0.3 is 50.5 Å². The number of halogens is 1. The maximum Gasteiger partial charge on any atom is 0.335 e. The van der Waals surface area contributed by atoms with Crippen LogP contribution >= 0.6 is 0 Å². The van der Waals surface area contributed by atoms with E-state index in [2.05, 4.69) is 14.8 Å². The number of methoxy groups -OCH3 is 1. The van der Waals surface area contributed by atoms with Crippen molar-refractivity contribution >= 4 is 42.7 Å². The molecule has 2 bridgehead atoms. The fourth-order valence-corrected chi connectivity index (χ4v) is 5.28. The molecule has 0 spiro atoms. The van der Waals surface area contributed by atoms with Gasteiger partial charge >= 0.3 is 5.97 Å². The molecule has 197 valence electrons. The number of nitrogens with zero attached hydrogens (tertiary/aromatic N) is 3. The van der Waals surface area contributed by atoms with Gasteiger partial charge in [-0.15, -0.1) is 0 Å². The normalized spacial score (nSPS) is 20.0. The van der Waals surface area contributed by atoms with E-state index in [1.54, 1.807) is 12.1 Å². The molecule has 35 heavy (non-hydrogen) atoms. The van der Waals surface area contributed by atoms with Gasteiger partial charge in [0.25, 0.3) is 0 Å². The fourth-order valence-electron chi connectivity index (χ4n) is 4.93. The van der Waals surface area contributed by atoms with Gasteiger partial charge in [0.15, 0.2) is 0 Å². The zero-order chi connectivity index (χ0) is 23.8. The Bertz CT molecular complexity index is 873. The first kappa shape index (κ1) is 32.1. The third-order valence-electron chi connectivity index (χ3n) is 6.38. The second-order valence-corrected chi connectivity index (χ2v) is 9.21. The van der Waals surface area contributed by atoms with Crippen LogP contribution in [0.4, 0.5) is 4.39 Å². The van der Waals surface area contributed by atoms with Gasteiger partial charge in [0.05, 0.1) is 12.7 Å². The molecule has 1 aromatic rings. The molecule has 2 aliphatic rings. The van der Waals surface area contributed by atoms with Crippen LogP contribution in [0.25, 0.3) is 5.57 Å². The second kappa shape index (κ2) is 16.0. The summed E-state index contributed by atoms with van der Waals surface area (Å²) in [7, 11) is 1.41. The number of hydrogen-bond acceptors (Lipinski definition) is 8. The Labute approximate surface area is 232 Å². The summed E-state index contributed by atoms with van der Waals surface area (Å²) < 4.78 is 18.6. The van der Waals surface area contributed by atoms with Crippen LogP contribution in [0.5, 0.6) is 0 Å². The van der Waals surface area contributed by atoms with Gasteiger partial charge in [-0.25, -0.2) is 9.18 Å². The summed E-state index contributed by atoms with van der Waals surface area (Å²) in [5.41, 5.74) is 2.54. The predicted octanol–water partition coefficient (Wildman–Crippen LogP) is 1.41. The molecule has 0 amide bonds. The summed E-state index contributed by atoms with van der Waals surface area (Å²) in [6, 6.07) is 6.67. The van der Waals surface area contributed by atoms with Crippen molar-refractivity contribution in [1.82, 2.24) is 9.80 Å². The number of benzene rings is 1. The number of hydrogen-bond donors (Lipinski definition) is 0. The van der Waals surface area contributed by atoms with E-state index in [0.29, 0.717) is 36.2 Å². The van der Waals surface area contributed by atoms with Crippen LogP contribution < -0.4 is 5.11 Å². The van der Waals surface area contributed by atoms with E-state index in [-0.39, 0.29) is 56.2 Å². The molecule has 7 nitrogen and oxygen atoms in total.